The fourth-order valence-electron chi connectivity index (χ4n) is 5.04. The molecule has 207 valence electrons. The molecule has 0 spiro atoms. The van der Waals surface area contributed by atoms with Gasteiger partial charge >= 0.3 is 237 Å². The van der Waals surface area contributed by atoms with Gasteiger partial charge in [0, 0.05) is 0 Å². The molecule has 0 N–H and O–H groups in total. The van der Waals surface area contributed by atoms with Gasteiger partial charge in [0.25, 0.3) is 0 Å². The van der Waals surface area contributed by atoms with Crippen molar-refractivity contribution in [1.29, 1.82) is 0 Å². The quantitative estimate of drug-likeness (QED) is 0.138. The van der Waals surface area contributed by atoms with E-state index in [9.17, 15) is 0 Å². The molecule has 0 aliphatic rings. The zero-order chi connectivity index (χ0) is 27.0. The molecule has 2 aromatic carbocycles. The number of nitrogens with zero attached hydrogens (tertiary/aromatic N) is 2. The van der Waals surface area contributed by atoms with Crippen LogP contribution in [0.4, 0.5) is 11.4 Å². The van der Waals surface area contributed by atoms with Gasteiger partial charge in [-0.2, -0.15) is 0 Å². The molecule has 0 aliphatic carbocycles. The number of hydrogen-bond acceptors (Lipinski definition) is 1. The summed E-state index contributed by atoms with van der Waals surface area (Å²) in [6.07, 6.45) is 15.7. The summed E-state index contributed by atoms with van der Waals surface area (Å²) in [6, 6.07) is 13.8. The summed E-state index contributed by atoms with van der Waals surface area (Å²) in [4.78, 5) is 5.32. The van der Waals surface area contributed by atoms with Gasteiger partial charge < -0.3 is 0 Å². The summed E-state index contributed by atoms with van der Waals surface area (Å²) in [5, 5.41) is 0. The fourth-order valence-corrected chi connectivity index (χ4v) is 5.42. The van der Waals surface area contributed by atoms with Crippen molar-refractivity contribution in [3.8, 4) is 0 Å². The van der Waals surface area contributed by atoms with Gasteiger partial charge in [0.05, 0.1) is 0 Å². The number of aryl methyl sites for hydroxylation is 4. The van der Waals surface area contributed by atoms with Crippen LogP contribution in [0.3, 0.4) is 0 Å². The molecule has 0 saturated carbocycles. The minimum absolute atomic E-state index is 0.977. The van der Waals surface area contributed by atoms with Gasteiger partial charge in [-0.1, -0.05) is 0 Å². The van der Waals surface area contributed by atoms with Crippen LogP contribution in [0, 0.1) is 0 Å². The standard InChI is InChI=1S/C34H52N2.Ni/c1-7-13-19-33(35-31-23-21-27(15-9-3)29(25-31)17-11-5)34(20-14-8-2)36-32-24-22-28(16-10-4)30(26-32)18-12-6;/h21-26H,7-20H2,1-6H3;/q;+1. The third kappa shape index (κ3) is 9.83. The first-order chi connectivity index (χ1) is 18.0. The topological polar surface area (TPSA) is 15.4 Å². The molecule has 0 unspecified atom stereocenters. The Balaban J connectivity index is 2.63. The Bertz CT molecular complexity index is 1020. The number of unbranched alkanes of at least 4 members (excludes halogenated alkanes) is 2. The molecule has 0 aliphatic heterocycles. The molecule has 2 rings (SSSR count). The molecule has 0 atom stereocenters. The van der Waals surface area contributed by atoms with Crippen LogP contribution >= 0.6 is 0 Å². The Morgan fingerprint density at radius 2 is 1.14 bits per heavy atom. The van der Waals surface area contributed by atoms with E-state index in [1.165, 1.54) is 46.5 Å². The van der Waals surface area contributed by atoms with E-state index in [0.717, 1.165) is 88.4 Å². The molecule has 3 heteroatoms. The van der Waals surface area contributed by atoms with Gasteiger partial charge in [-0.3, -0.25) is 0 Å². The molecular formula is C34H52N2Ni+. The van der Waals surface area contributed by atoms with Gasteiger partial charge in [0.15, 0.2) is 0 Å². The molecule has 2 aromatic rings. The molecule has 2 nitrogen and oxygen atoms in total. The Morgan fingerprint density at radius 3 is 1.70 bits per heavy atom. The first-order valence-corrected chi connectivity index (χ1v) is 15.6. The van der Waals surface area contributed by atoms with Crippen LogP contribution < -0.4 is 0 Å². The van der Waals surface area contributed by atoms with Crippen molar-refractivity contribution in [2.45, 2.75) is 131 Å². The van der Waals surface area contributed by atoms with Gasteiger partial charge in [-0.25, -0.2) is 0 Å². The average molecular weight is 547 g/mol. The van der Waals surface area contributed by atoms with Crippen molar-refractivity contribution >= 4 is 22.8 Å². The van der Waals surface area contributed by atoms with Crippen LogP contribution in [0.2, 0.25) is 0 Å². The van der Waals surface area contributed by atoms with Gasteiger partial charge in [-0.15, -0.1) is 0 Å². The fraction of sp³-hybridized carbons (Fsp3) is 0.588. The van der Waals surface area contributed by atoms with E-state index in [2.05, 4.69) is 81.6 Å². The normalized spacial score (nSPS) is 12.7. The zero-order valence-corrected chi connectivity index (χ0v) is 25.6. The third-order valence-corrected chi connectivity index (χ3v) is 7.54. The molecule has 0 amide bonds. The van der Waals surface area contributed by atoms with E-state index in [-0.39, 0.29) is 0 Å². The van der Waals surface area contributed by atoms with Crippen molar-refractivity contribution in [3.05, 3.63) is 58.7 Å². The number of aliphatic imine (C=N–C) groups is 1. The molecule has 0 radical (unpaired) electrons. The van der Waals surface area contributed by atoms with Crippen LogP contribution in [0.25, 0.3) is 0 Å². The van der Waals surface area contributed by atoms with Gasteiger partial charge in [0.1, 0.15) is 0 Å². The second-order valence-corrected chi connectivity index (χ2v) is 10.8. The molecule has 37 heavy (non-hydrogen) atoms. The van der Waals surface area contributed by atoms with Crippen molar-refractivity contribution in [2.24, 2.45) is 4.99 Å². The second-order valence-electron chi connectivity index (χ2n) is 10.4. The van der Waals surface area contributed by atoms with E-state index in [1.54, 1.807) is 0 Å². The Kier molecular flexibility index (Phi) is 15.1. The van der Waals surface area contributed by atoms with Gasteiger partial charge in [-0.05, 0) is 0 Å². The number of hydrogen-bond donors (Lipinski definition) is 0. The molecule has 0 heterocycles. The molecular weight excluding hydrogens is 495 g/mol. The average Bonchev–Trinajstić information content (AvgIpc) is 2.90. The molecule has 0 saturated heterocycles. The van der Waals surface area contributed by atoms with Crippen molar-refractivity contribution in [2.75, 3.05) is 0 Å². The predicted octanol–water partition coefficient (Wildman–Crippen LogP) is 10.2. The van der Waals surface area contributed by atoms with E-state index in [1.807, 2.05) is 0 Å². The van der Waals surface area contributed by atoms with Crippen molar-refractivity contribution in [1.82, 2.24) is 0 Å². The Labute approximate surface area is 236 Å². The van der Waals surface area contributed by atoms with Crippen LogP contribution in [0.1, 0.15) is 128 Å². The molecule has 0 bridgehead atoms. The first kappa shape index (κ1) is 31.5. The molecule has 0 fully saturated rings. The summed E-state index contributed by atoms with van der Waals surface area (Å²) in [5.41, 5.74) is 10.5. The maximum atomic E-state index is 5.78. The van der Waals surface area contributed by atoms with Crippen molar-refractivity contribution in [3.63, 3.8) is 0 Å². The van der Waals surface area contributed by atoms with Crippen LogP contribution in [-0.4, -0.2) is 15.1 Å². The van der Waals surface area contributed by atoms with Crippen LogP contribution in [0.5, 0.6) is 0 Å². The number of rotatable bonds is 17. The van der Waals surface area contributed by atoms with Crippen LogP contribution in [0.15, 0.2) is 41.4 Å². The zero-order valence-electron chi connectivity index (χ0n) is 24.6. The Hall–Kier alpha value is -1.73. The van der Waals surface area contributed by atoms with E-state index in [0.29, 0.717) is 0 Å². The predicted molar refractivity (Wildman–Crippen MR) is 160 cm³/mol. The summed E-state index contributed by atoms with van der Waals surface area (Å²) in [5.74, 6) is 0. The summed E-state index contributed by atoms with van der Waals surface area (Å²) in [7, 11) is 0. The monoisotopic (exact) mass is 546 g/mol. The van der Waals surface area contributed by atoms with E-state index < -0.39 is 0 Å². The van der Waals surface area contributed by atoms with E-state index in [4.69, 9.17) is 20.7 Å². The summed E-state index contributed by atoms with van der Waals surface area (Å²) < 4.78 is 2.08. The van der Waals surface area contributed by atoms with Crippen LogP contribution in [-0.2, 0) is 41.4 Å². The van der Waals surface area contributed by atoms with Gasteiger partial charge in [0.2, 0.25) is 0 Å². The first-order valence-electron chi connectivity index (χ1n) is 15.1. The summed E-state index contributed by atoms with van der Waals surface area (Å²) in [6.45, 7) is 13.6. The Morgan fingerprint density at radius 1 is 0.622 bits per heavy atom. The van der Waals surface area contributed by atoms with E-state index >= 15 is 0 Å². The SMILES string of the molecule is CCCCC(=Nc1ccc(CCC)c(CCC)c1)C(CCCC)=[N+]([Ni])c1ccc(CCC)c(CCC)c1. The second kappa shape index (κ2) is 17.7. The third-order valence-electron chi connectivity index (χ3n) is 7.02. The summed E-state index contributed by atoms with van der Waals surface area (Å²) >= 11 is 5.78. The molecule has 0 aromatic heterocycles. The number of benzene rings is 2. The van der Waals surface area contributed by atoms with Crippen molar-refractivity contribution < 1.29 is 19.3 Å². The maximum absolute atomic E-state index is 5.78. The minimum atomic E-state index is 0.977.